The molecule has 322 valence electrons. The highest BCUT2D eigenvalue weighted by atomic mass is 16.6. The number of aromatic nitrogens is 1. The Morgan fingerprint density at radius 3 is 2.13 bits per heavy atom. The number of nitrogens with zero attached hydrogens (tertiary/aromatic N) is 1. The van der Waals surface area contributed by atoms with Crippen LogP contribution < -0.4 is 26.2 Å². The Morgan fingerprint density at radius 1 is 0.730 bits per heavy atom. The van der Waals surface area contributed by atoms with Crippen LogP contribution in [0.1, 0.15) is 47.6 Å². The lowest BCUT2D eigenvalue weighted by Gasteiger charge is -2.31. The molecule has 5 N–H and O–H groups in total. The number of piperidine rings is 1. The minimum absolute atomic E-state index is 0.0798. The molecule has 7 aromatic rings. The molecule has 0 aliphatic carbocycles. The first-order chi connectivity index (χ1) is 30.9. The fourth-order valence-corrected chi connectivity index (χ4v) is 8.16. The second kappa shape index (κ2) is 21.4. The van der Waals surface area contributed by atoms with Crippen LogP contribution in [0.15, 0.2) is 163 Å². The number of aryl methyl sites for hydroxylation is 1. The summed E-state index contributed by atoms with van der Waals surface area (Å²) in [5.74, 6) is 0.569. The van der Waals surface area contributed by atoms with Gasteiger partial charge in [-0.05, 0) is 115 Å². The molecule has 1 amide bonds. The van der Waals surface area contributed by atoms with E-state index in [0.717, 1.165) is 96.4 Å². The molecule has 8 rings (SSSR count). The standard InChI is InChI=1S/C53H55N5O5/c59-49(46-25-27-50(52-47(46)26-28-51(60)57-52)62-37-40-10-3-1-4-11-40)36-54-32-29-39-19-23-43(24-20-39)55-42-21-17-38(18-22-42)12-9-33-58-34-30-44(31-35-58)63-53(61)56-48-16-8-7-15-45(48)41-13-5-2-6-14-41/h1-8,10-11,13-28,44,49,54-55,59H,9,12,29-37H2,(H,56,61)(H,57,60). The number of carbonyl (C=O) groups excluding carboxylic acids is 1. The van der Waals surface area contributed by atoms with Gasteiger partial charge in [-0.3, -0.25) is 10.1 Å². The van der Waals surface area contributed by atoms with Crippen molar-refractivity contribution in [2.24, 2.45) is 0 Å². The molecule has 2 heterocycles. The van der Waals surface area contributed by atoms with Gasteiger partial charge in [0.05, 0.1) is 17.3 Å². The number of rotatable bonds is 18. The number of amides is 1. The van der Waals surface area contributed by atoms with Gasteiger partial charge < -0.3 is 35.1 Å². The zero-order valence-corrected chi connectivity index (χ0v) is 35.5. The van der Waals surface area contributed by atoms with Crippen molar-refractivity contribution in [2.75, 3.05) is 43.4 Å². The number of pyridine rings is 1. The van der Waals surface area contributed by atoms with Crippen LogP contribution in [0.4, 0.5) is 21.9 Å². The maximum absolute atomic E-state index is 12.8. The Bertz CT molecular complexity index is 2590. The van der Waals surface area contributed by atoms with Gasteiger partial charge in [0.25, 0.3) is 0 Å². The predicted octanol–water partition coefficient (Wildman–Crippen LogP) is 10.0. The van der Waals surface area contributed by atoms with Gasteiger partial charge in [-0.15, -0.1) is 0 Å². The summed E-state index contributed by atoms with van der Waals surface area (Å²) in [6.07, 6.45) is 3.33. The molecule has 0 radical (unpaired) electrons. The van der Waals surface area contributed by atoms with Gasteiger partial charge in [0.2, 0.25) is 5.56 Å². The van der Waals surface area contributed by atoms with Crippen molar-refractivity contribution in [3.05, 3.63) is 190 Å². The highest BCUT2D eigenvalue weighted by Crippen LogP contribution is 2.31. The molecule has 0 bridgehead atoms. The van der Waals surface area contributed by atoms with E-state index in [4.69, 9.17) is 9.47 Å². The van der Waals surface area contributed by atoms with Crippen molar-refractivity contribution in [3.63, 3.8) is 0 Å². The van der Waals surface area contributed by atoms with Crippen molar-refractivity contribution in [2.45, 2.75) is 50.9 Å². The minimum atomic E-state index is -0.763. The first kappa shape index (κ1) is 42.9. The van der Waals surface area contributed by atoms with Crippen molar-refractivity contribution in [1.82, 2.24) is 15.2 Å². The number of hydrogen-bond donors (Lipinski definition) is 5. The zero-order valence-electron chi connectivity index (χ0n) is 35.5. The van der Waals surface area contributed by atoms with E-state index in [9.17, 15) is 14.7 Å². The number of carbonyl (C=O) groups is 1. The highest BCUT2D eigenvalue weighted by Gasteiger charge is 2.23. The largest absolute Gasteiger partial charge is 0.487 e. The lowest BCUT2D eigenvalue weighted by Crippen LogP contribution is -2.39. The van der Waals surface area contributed by atoms with E-state index in [-0.39, 0.29) is 11.7 Å². The van der Waals surface area contributed by atoms with Gasteiger partial charge in [0, 0.05) is 48.0 Å². The van der Waals surface area contributed by atoms with Crippen molar-refractivity contribution in [1.29, 1.82) is 0 Å². The number of fused-ring (bicyclic) bond motifs is 1. The van der Waals surface area contributed by atoms with Crippen LogP contribution in [-0.2, 0) is 24.2 Å². The van der Waals surface area contributed by atoms with E-state index in [2.05, 4.69) is 74.4 Å². The van der Waals surface area contributed by atoms with E-state index in [0.29, 0.717) is 31.0 Å². The van der Waals surface area contributed by atoms with Gasteiger partial charge >= 0.3 is 6.09 Å². The summed E-state index contributed by atoms with van der Waals surface area (Å²) in [6, 6.07) is 51.7. The number of benzene rings is 6. The number of aliphatic hydroxyl groups excluding tert-OH is 1. The summed E-state index contributed by atoms with van der Waals surface area (Å²) in [5.41, 5.74) is 9.47. The smallest absolute Gasteiger partial charge is 0.411 e. The third-order valence-corrected chi connectivity index (χ3v) is 11.6. The molecule has 10 nitrogen and oxygen atoms in total. The Kier molecular flexibility index (Phi) is 14.6. The Labute approximate surface area is 368 Å². The third-order valence-electron chi connectivity index (χ3n) is 11.6. The molecule has 6 aromatic carbocycles. The van der Waals surface area contributed by atoms with Crippen LogP contribution >= 0.6 is 0 Å². The highest BCUT2D eigenvalue weighted by molar-refractivity contribution is 5.91. The molecule has 0 spiro atoms. The van der Waals surface area contributed by atoms with Gasteiger partial charge in [-0.2, -0.15) is 0 Å². The van der Waals surface area contributed by atoms with Crippen LogP contribution in [0, 0.1) is 0 Å². The number of aliphatic hydroxyl groups is 1. The van der Waals surface area contributed by atoms with Crippen molar-refractivity contribution < 1.29 is 19.4 Å². The number of H-pyrrole nitrogens is 1. The fourth-order valence-electron chi connectivity index (χ4n) is 8.16. The molecule has 1 atom stereocenters. The summed E-state index contributed by atoms with van der Waals surface area (Å²) in [6.45, 7) is 4.31. The quantitative estimate of drug-likeness (QED) is 0.0541. The fraction of sp³-hybridized carbons (Fsp3) is 0.245. The molecule has 1 aromatic heterocycles. The Hall–Kier alpha value is -6.72. The van der Waals surface area contributed by atoms with Crippen molar-refractivity contribution in [3.8, 4) is 16.9 Å². The third kappa shape index (κ3) is 12.0. The average Bonchev–Trinajstić information content (AvgIpc) is 3.32. The van der Waals surface area contributed by atoms with Gasteiger partial charge in [-0.1, -0.05) is 109 Å². The van der Waals surface area contributed by atoms with Crippen LogP contribution in [-0.4, -0.2) is 59.9 Å². The molecule has 1 aliphatic heterocycles. The molecule has 1 aliphatic rings. The minimum Gasteiger partial charge on any atom is -0.487 e. The summed E-state index contributed by atoms with van der Waals surface area (Å²) < 4.78 is 11.9. The molecule has 0 saturated carbocycles. The van der Waals surface area contributed by atoms with E-state index in [1.165, 1.54) is 17.2 Å². The average molecular weight is 842 g/mol. The van der Waals surface area contributed by atoms with Gasteiger partial charge in [-0.25, -0.2) is 4.79 Å². The molecular weight excluding hydrogens is 787 g/mol. The maximum atomic E-state index is 12.8. The second-order valence-electron chi connectivity index (χ2n) is 16.1. The number of likely N-dealkylation sites (tertiary alicyclic amines) is 1. The normalized spacial score (nSPS) is 13.7. The van der Waals surface area contributed by atoms with E-state index in [1.54, 1.807) is 6.07 Å². The van der Waals surface area contributed by atoms with Crippen molar-refractivity contribution >= 4 is 34.1 Å². The number of para-hydroxylation sites is 1. The number of nitrogens with one attached hydrogen (secondary N) is 4. The van der Waals surface area contributed by atoms with E-state index >= 15 is 0 Å². The predicted molar refractivity (Wildman–Crippen MR) is 253 cm³/mol. The first-order valence-corrected chi connectivity index (χ1v) is 21.9. The number of anilines is 3. The molecular formula is C53H55N5O5. The van der Waals surface area contributed by atoms with Gasteiger partial charge in [0.15, 0.2) is 0 Å². The summed E-state index contributed by atoms with van der Waals surface area (Å²) >= 11 is 0. The molecule has 63 heavy (non-hydrogen) atoms. The summed E-state index contributed by atoms with van der Waals surface area (Å²) in [5, 5.41) is 21.8. The topological polar surface area (TPSA) is 128 Å². The van der Waals surface area contributed by atoms with Crippen LogP contribution in [0.2, 0.25) is 0 Å². The lowest BCUT2D eigenvalue weighted by molar-refractivity contribution is 0.0587. The zero-order chi connectivity index (χ0) is 43.2. The van der Waals surface area contributed by atoms with Gasteiger partial charge in [0.1, 0.15) is 18.5 Å². The first-order valence-electron chi connectivity index (χ1n) is 21.9. The second-order valence-corrected chi connectivity index (χ2v) is 16.1. The van der Waals surface area contributed by atoms with E-state index < -0.39 is 12.2 Å². The molecule has 1 unspecified atom stereocenters. The molecule has 1 fully saturated rings. The lowest BCUT2D eigenvalue weighted by atomic mass is 10.0. The Morgan fingerprint density at radius 2 is 1.40 bits per heavy atom. The maximum Gasteiger partial charge on any atom is 0.411 e. The van der Waals surface area contributed by atoms with Crippen LogP contribution in [0.5, 0.6) is 5.75 Å². The molecule has 10 heteroatoms. The Balaban J connectivity index is 0.718. The van der Waals surface area contributed by atoms with Crippen LogP contribution in [0.3, 0.4) is 0 Å². The monoisotopic (exact) mass is 841 g/mol. The number of ether oxygens (including phenoxy) is 2. The summed E-state index contributed by atoms with van der Waals surface area (Å²) in [4.78, 5) is 30.4. The number of hydrogen-bond acceptors (Lipinski definition) is 8. The SMILES string of the molecule is O=C(Nc1ccccc1-c1ccccc1)OC1CCN(CCCc2ccc(Nc3ccc(CCNCC(O)c4ccc(OCc5ccccc5)c5[nH]c(=O)ccc45)cc3)cc2)CC1. The molecule has 1 saturated heterocycles. The van der Waals surface area contributed by atoms with E-state index in [1.807, 2.05) is 97.1 Å². The number of aromatic amines is 1. The summed E-state index contributed by atoms with van der Waals surface area (Å²) in [7, 11) is 0. The van der Waals surface area contributed by atoms with Crippen LogP contribution in [0.25, 0.3) is 22.0 Å².